The highest BCUT2D eigenvalue weighted by molar-refractivity contribution is 5.83. The molecule has 1 saturated heterocycles. The Morgan fingerprint density at radius 1 is 1.28 bits per heavy atom. The second-order valence-electron chi connectivity index (χ2n) is 8.00. The van der Waals surface area contributed by atoms with E-state index in [0.29, 0.717) is 13.1 Å². The fraction of sp³-hybridized carbons (Fsp3) is 0.824. The second kappa shape index (κ2) is 8.40. The van der Waals surface area contributed by atoms with Crippen molar-refractivity contribution in [2.24, 2.45) is 16.1 Å². The van der Waals surface area contributed by atoms with E-state index in [4.69, 9.17) is 10.5 Å². The molecule has 1 rings (SSSR count). The van der Waals surface area contributed by atoms with E-state index in [1.54, 1.807) is 13.8 Å². The fourth-order valence-electron chi connectivity index (χ4n) is 2.32. The van der Waals surface area contributed by atoms with E-state index in [2.05, 4.69) is 20.5 Å². The molecule has 0 saturated carbocycles. The van der Waals surface area contributed by atoms with Crippen LogP contribution in [-0.4, -0.2) is 60.7 Å². The van der Waals surface area contributed by atoms with Crippen molar-refractivity contribution in [2.45, 2.75) is 59.6 Å². The van der Waals surface area contributed by atoms with Crippen molar-refractivity contribution in [3.63, 3.8) is 0 Å². The summed E-state index contributed by atoms with van der Waals surface area (Å²) in [7, 11) is 0. The van der Waals surface area contributed by atoms with Crippen LogP contribution in [0.5, 0.6) is 0 Å². The molecule has 1 aliphatic rings. The van der Waals surface area contributed by atoms with Crippen molar-refractivity contribution in [1.29, 1.82) is 0 Å². The maximum Gasteiger partial charge on any atom is 0.407 e. The molecular weight excluding hydrogens is 322 g/mol. The van der Waals surface area contributed by atoms with Crippen LogP contribution in [0.25, 0.3) is 0 Å². The quantitative estimate of drug-likeness (QED) is 0.505. The zero-order valence-electron chi connectivity index (χ0n) is 16.3. The Labute approximate surface area is 150 Å². The van der Waals surface area contributed by atoms with Gasteiger partial charge in [0.2, 0.25) is 5.91 Å². The number of carbonyl (C=O) groups excluding carboxylic acids is 2. The Balaban J connectivity index is 2.65. The lowest BCUT2D eigenvalue weighted by molar-refractivity contribution is -0.125. The molecule has 0 bridgehead atoms. The van der Waals surface area contributed by atoms with Gasteiger partial charge in [-0.1, -0.05) is 0 Å². The van der Waals surface area contributed by atoms with Crippen LogP contribution < -0.4 is 16.4 Å². The van der Waals surface area contributed by atoms with Gasteiger partial charge in [-0.3, -0.25) is 9.79 Å². The van der Waals surface area contributed by atoms with Gasteiger partial charge < -0.3 is 26.0 Å². The first-order chi connectivity index (χ1) is 11.4. The third-order valence-electron chi connectivity index (χ3n) is 3.83. The molecule has 0 aliphatic carbocycles. The topological polar surface area (TPSA) is 109 Å². The van der Waals surface area contributed by atoms with Crippen LogP contribution in [0.3, 0.4) is 0 Å². The first kappa shape index (κ1) is 21.1. The highest BCUT2D eigenvalue weighted by Gasteiger charge is 2.29. The number of nitrogens with zero attached hydrogens (tertiary/aromatic N) is 2. The van der Waals surface area contributed by atoms with Gasteiger partial charge in [0.15, 0.2) is 5.96 Å². The number of hydrogen-bond donors (Lipinski definition) is 3. The molecule has 144 valence electrons. The van der Waals surface area contributed by atoms with Crippen LogP contribution in [0, 0.1) is 5.41 Å². The summed E-state index contributed by atoms with van der Waals surface area (Å²) in [5.41, 5.74) is 4.19. The van der Waals surface area contributed by atoms with Crippen molar-refractivity contribution in [3.05, 3.63) is 0 Å². The van der Waals surface area contributed by atoms with Crippen molar-refractivity contribution >= 4 is 18.0 Å². The number of nitrogens with one attached hydrogen (secondary N) is 2. The van der Waals surface area contributed by atoms with E-state index >= 15 is 0 Å². The van der Waals surface area contributed by atoms with Crippen molar-refractivity contribution in [2.75, 3.05) is 26.2 Å². The summed E-state index contributed by atoms with van der Waals surface area (Å²) >= 11 is 0. The van der Waals surface area contributed by atoms with E-state index in [1.165, 1.54) is 0 Å². The zero-order valence-corrected chi connectivity index (χ0v) is 16.3. The normalized spacial score (nSPS) is 18.9. The van der Waals surface area contributed by atoms with Crippen LogP contribution in [0.15, 0.2) is 4.99 Å². The van der Waals surface area contributed by atoms with Crippen LogP contribution in [0.2, 0.25) is 0 Å². The predicted octanol–water partition coefficient (Wildman–Crippen LogP) is 1.06. The lowest BCUT2D eigenvalue weighted by Crippen LogP contribution is -2.45. The summed E-state index contributed by atoms with van der Waals surface area (Å²) in [6.07, 6.45) is 0.402. The van der Waals surface area contributed by atoms with Gasteiger partial charge in [0, 0.05) is 19.6 Å². The van der Waals surface area contributed by atoms with E-state index in [9.17, 15) is 9.59 Å². The van der Waals surface area contributed by atoms with Gasteiger partial charge in [-0.2, -0.15) is 0 Å². The third-order valence-corrected chi connectivity index (χ3v) is 3.83. The molecule has 25 heavy (non-hydrogen) atoms. The van der Waals surface area contributed by atoms with Crippen molar-refractivity contribution < 1.29 is 14.3 Å². The van der Waals surface area contributed by atoms with E-state index in [0.717, 1.165) is 25.5 Å². The number of likely N-dealkylation sites (tertiary alicyclic amines) is 1. The first-order valence-electron chi connectivity index (χ1n) is 8.77. The van der Waals surface area contributed by atoms with Crippen molar-refractivity contribution in [1.82, 2.24) is 15.5 Å². The summed E-state index contributed by atoms with van der Waals surface area (Å²) in [6.45, 7) is 13.5. The van der Waals surface area contributed by atoms with Crippen molar-refractivity contribution in [3.8, 4) is 0 Å². The standard InChI is InChI=1S/C17H33N5O3/c1-7-19-14(20-11-17(5,6)13(18)23)22-9-8-12(10-22)21-15(24)25-16(2,3)4/h12H,7-11H2,1-6H3,(H2,18,23)(H,19,20)(H,21,24). The van der Waals surface area contributed by atoms with Crippen LogP contribution in [0.4, 0.5) is 4.79 Å². The van der Waals surface area contributed by atoms with E-state index < -0.39 is 17.1 Å². The minimum atomic E-state index is -0.700. The van der Waals surface area contributed by atoms with Gasteiger partial charge in [-0.15, -0.1) is 0 Å². The Morgan fingerprint density at radius 2 is 1.92 bits per heavy atom. The predicted molar refractivity (Wildman–Crippen MR) is 98.3 cm³/mol. The average Bonchev–Trinajstić information content (AvgIpc) is 2.89. The number of aliphatic imine (C=N–C) groups is 1. The summed E-state index contributed by atoms with van der Waals surface area (Å²) in [6, 6.07) is 0.00265. The number of guanidine groups is 1. The lowest BCUT2D eigenvalue weighted by Gasteiger charge is -2.25. The molecule has 1 aliphatic heterocycles. The average molecular weight is 355 g/mol. The molecule has 1 atom stereocenters. The number of hydrogen-bond acceptors (Lipinski definition) is 4. The zero-order chi connectivity index (χ0) is 19.3. The Kier molecular flexibility index (Phi) is 7.07. The molecule has 8 nitrogen and oxygen atoms in total. The summed E-state index contributed by atoms with van der Waals surface area (Å²) in [5, 5.41) is 6.12. The Morgan fingerprint density at radius 3 is 2.44 bits per heavy atom. The summed E-state index contributed by atoms with van der Waals surface area (Å²) in [4.78, 5) is 30.0. The van der Waals surface area contributed by atoms with Gasteiger partial charge in [0.1, 0.15) is 5.60 Å². The molecule has 2 amide bonds. The van der Waals surface area contributed by atoms with Gasteiger partial charge in [0.05, 0.1) is 18.0 Å². The molecule has 0 aromatic rings. The Bertz CT molecular complexity index is 511. The smallest absolute Gasteiger partial charge is 0.407 e. The number of rotatable bonds is 5. The molecule has 8 heteroatoms. The van der Waals surface area contributed by atoms with E-state index in [1.807, 2.05) is 27.7 Å². The van der Waals surface area contributed by atoms with E-state index in [-0.39, 0.29) is 11.9 Å². The molecule has 1 fully saturated rings. The number of amides is 2. The monoisotopic (exact) mass is 355 g/mol. The molecule has 0 spiro atoms. The third kappa shape index (κ3) is 7.19. The number of ether oxygens (including phenoxy) is 1. The van der Waals surface area contributed by atoms with Crippen LogP contribution >= 0.6 is 0 Å². The number of primary amides is 1. The highest BCUT2D eigenvalue weighted by atomic mass is 16.6. The number of alkyl carbamates (subject to hydrolysis) is 1. The maximum atomic E-state index is 11.9. The van der Waals surface area contributed by atoms with Crippen LogP contribution in [0.1, 0.15) is 48.0 Å². The maximum absolute atomic E-state index is 11.9. The summed E-state index contributed by atoms with van der Waals surface area (Å²) < 4.78 is 5.30. The second-order valence-corrected chi connectivity index (χ2v) is 8.00. The molecule has 1 unspecified atom stereocenters. The van der Waals surface area contributed by atoms with Crippen LogP contribution in [-0.2, 0) is 9.53 Å². The van der Waals surface area contributed by atoms with Gasteiger partial charge in [-0.25, -0.2) is 4.79 Å². The minimum Gasteiger partial charge on any atom is -0.444 e. The molecular formula is C17H33N5O3. The van der Waals surface area contributed by atoms with Gasteiger partial charge in [-0.05, 0) is 48.0 Å². The van der Waals surface area contributed by atoms with Gasteiger partial charge in [0.25, 0.3) is 0 Å². The summed E-state index contributed by atoms with van der Waals surface area (Å²) in [5.74, 6) is 0.350. The fourth-order valence-corrected chi connectivity index (χ4v) is 2.32. The number of nitrogens with two attached hydrogens (primary N) is 1. The molecule has 4 N–H and O–H groups in total. The lowest BCUT2D eigenvalue weighted by atomic mass is 9.93. The largest absolute Gasteiger partial charge is 0.444 e. The Hall–Kier alpha value is -1.99. The highest BCUT2D eigenvalue weighted by Crippen LogP contribution is 2.16. The first-order valence-corrected chi connectivity index (χ1v) is 8.77. The number of carbonyl (C=O) groups is 2. The molecule has 0 radical (unpaired) electrons. The van der Waals surface area contributed by atoms with Gasteiger partial charge >= 0.3 is 6.09 Å². The SMILES string of the molecule is CCNC(=NCC(C)(C)C(N)=O)N1CCC(NC(=O)OC(C)(C)C)C1. The molecule has 0 aromatic carbocycles. The molecule has 0 aromatic heterocycles. The molecule has 1 heterocycles. The minimum absolute atomic E-state index is 0.00265.